The van der Waals surface area contributed by atoms with Crippen LogP contribution < -0.4 is 10.1 Å². The van der Waals surface area contributed by atoms with E-state index >= 15 is 0 Å². The Balaban J connectivity index is 1.88. The molecule has 0 heterocycles. The molecule has 2 aromatic rings. The normalized spacial score (nSPS) is 11.2. The van der Waals surface area contributed by atoms with Crippen LogP contribution in [-0.2, 0) is 6.42 Å². The Kier molecular flexibility index (Phi) is 4.50. The Morgan fingerprint density at radius 2 is 1.70 bits per heavy atom. The zero-order valence-corrected chi connectivity index (χ0v) is 10.7. The summed E-state index contributed by atoms with van der Waals surface area (Å²) in [6, 6.07) is 15.6. The van der Waals surface area contributed by atoms with Gasteiger partial charge in [-0.25, -0.2) is 0 Å². The molecule has 0 amide bonds. The quantitative estimate of drug-likeness (QED) is 0.885. The smallest absolute Gasteiger partial charge is 0.406 e. The summed E-state index contributed by atoms with van der Waals surface area (Å²) >= 11 is 0. The third kappa shape index (κ3) is 4.84. The van der Waals surface area contributed by atoms with Crippen molar-refractivity contribution in [1.82, 2.24) is 0 Å². The average molecular weight is 281 g/mol. The van der Waals surface area contributed by atoms with Crippen LogP contribution in [0.4, 0.5) is 18.9 Å². The van der Waals surface area contributed by atoms with Crippen molar-refractivity contribution in [3.8, 4) is 5.75 Å². The van der Waals surface area contributed by atoms with Crippen LogP contribution in [-0.4, -0.2) is 12.9 Å². The lowest BCUT2D eigenvalue weighted by Crippen LogP contribution is -2.17. The maximum absolute atomic E-state index is 12.1. The maximum Gasteiger partial charge on any atom is 0.573 e. The molecule has 0 unspecified atom stereocenters. The van der Waals surface area contributed by atoms with Crippen LogP contribution in [0.15, 0.2) is 54.6 Å². The highest BCUT2D eigenvalue weighted by Crippen LogP contribution is 2.23. The van der Waals surface area contributed by atoms with Crippen molar-refractivity contribution >= 4 is 5.69 Å². The number of anilines is 1. The van der Waals surface area contributed by atoms with Gasteiger partial charge in [-0.2, -0.15) is 0 Å². The van der Waals surface area contributed by atoms with Crippen LogP contribution in [0.25, 0.3) is 0 Å². The molecule has 0 fully saturated rings. The van der Waals surface area contributed by atoms with Gasteiger partial charge in [0.2, 0.25) is 0 Å². The summed E-state index contributed by atoms with van der Waals surface area (Å²) in [4.78, 5) is 0. The van der Waals surface area contributed by atoms with Gasteiger partial charge >= 0.3 is 6.36 Å². The highest BCUT2D eigenvalue weighted by atomic mass is 19.4. The lowest BCUT2D eigenvalue weighted by molar-refractivity contribution is -0.274. The molecular formula is C15H14F3NO. The van der Waals surface area contributed by atoms with E-state index in [9.17, 15) is 13.2 Å². The summed E-state index contributed by atoms with van der Waals surface area (Å²) in [6.07, 6.45) is -4.04. The first-order chi connectivity index (χ1) is 9.53. The fourth-order valence-electron chi connectivity index (χ4n) is 1.81. The van der Waals surface area contributed by atoms with Gasteiger partial charge in [0, 0.05) is 12.2 Å². The Hall–Kier alpha value is -2.17. The number of nitrogens with one attached hydrogen (secondary N) is 1. The molecule has 5 heteroatoms. The molecule has 2 nitrogen and oxygen atoms in total. The molecule has 0 saturated heterocycles. The van der Waals surface area contributed by atoms with E-state index in [4.69, 9.17) is 0 Å². The molecule has 1 N–H and O–H groups in total. The summed E-state index contributed by atoms with van der Waals surface area (Å²) in [5.41, 5.74) is 1.77. The minimum Gasteiger partial charge on any atom is -0.406 e. The molecule has 0 aliphatic carbocycles. The molecule has 2 rings (SSSR count). The molecule has 0 aromatic heterocycles. The summed E-state index contributed by atoms with van der Waals surface area (Å²) in [7, 11) is 0. The Bertz CT molecular complexity index is 540. The van der Waals surface area contributed by atoms with Crippen molar-refractivity contribution in [2.24, 2.45) is 0 Å². The first kappa shape index (κ1) is 14.2. The van der Waals surface area contributed by atoms with Crippen LogP contribution in [0.1, 0.15) is 5.56 Å². The van der Waals surface area contributed by atoms with Gasteiger partial charge in [-0.1, -0.05) is 30.3 Å². The zero-order valence-electron chi connectivity index (χ0n) is 10.7. The van der Waals surface area contributed by atoms with Gasteiger partial charge < -0.3 is 10.1 Å². The number of halogens is 3. The number of benzene rings is 2. The first-order valence-electron chi connectivity index (χ1n) is 6.16. The van der Waals surface area contributed by atoms with Crippen molar-refractivity contribution in [2.45, 2.75) is 12.8 Å². The topological polar surface area (TPSA) is 21.3 Å². The van der Waals surface area contributed by atoms with E-state index in [2.05, 4.69) is 10.1 Å². The first-order valence-corrected chi connectivity index (χ1v) is 6.16. The van der Waals surface area contributed by atoms with E-state index in [1.54, 1.807) is 12.1 Å². The highest BCUT2D eigenvalue weighted by molar-refractivity contribution is 5.42. The van der Waals surface area contributed by atoms with Gasteiger partial charge in [-0.05, 0) is 36.2 Å². The fourth-order valence-corrected chi connectivity index (χ4v) is 1.81. The van der Waals surface area contributed by atoms with E-state index in [0.717, 1.165) is 11.3 Å². The predicted molar refractivity (Wildman–Crippen MR) is 71.8 cm³/mol. The van der Waals surface area contributed by atoms with Gasteiger partial charge in [0.15, 0.2) is 0 Å². The van der Waals surface area contributed by atoms with Crippen LogP contribution in [0.3, 0.4) is 0 Å². The zero-order chi connectivity index (χ0) is 14.4. The van der Waals surface area contributed by atoms with Crippen molar-refractivity contribution in [2.75, 3.05) is 11.9 Å². The van der Waals surface area contributed by atoms with E-state index in [1.165, 1.54) is 12.1 Å². The van der Waals surface area contributed by atoms with E-state index in [1.807, 2.05) is 30.3 Å². The molecule has 0 radical (unpaired) electrons. The fraction of sp³-hybridized carbons (Fsp3) is 0.200. The standard InChI is InChI=1S/C15H14F3NO/c16-15(17,18)20-14-8-4-5-12(11-14)9-10-19-13-6-2-1-3-7-13/h1-8,11,19H,9-10H2. The van der Waals surface area contributed by atoms with Gasteiger partial charge in [-0.15, -0.1) is 13.2 Å². The SMILES string of the molecule is FC(F)(F)Oc1cccc(CCNc2ccccc2)c1. The third-order valence-corrected chi connectivity index (χ3v) is 2.65. The number of para-hydroxylation sites is 1. The molecule has 0 atom stereocenters. The summed E-state index contributed by atoms with van der Waals surface area (Å²) < 4.78 is 40.2. The molecule has 20 heavy (non-hydrogen) atoms. The van der Waals surface area contributed by atoms with Gasteiger partial charge in [0.1, 0.15) is 5.75 Å². The van der Waals surface area contributed by atoms with Crippen molar-refractivity contribution in [3.63, 3.8) is 0 Å². The van der Waals surface area contributed by atoms with Crippen molar-refractivity contribution < 1.29 is 17.9 Å². The molecule has 0 aliphatic rings. The maximum atomic E-state index is 12.1. The number of ether oxygens (including phenoxy) is 1. The van der Waals surface area contributed by atoms with Gasteiger partial charge in [0.05, 0.1) is 0 Å². The van der Waals surface area contributed by atoms with Crippen LogP contribution in [0.2, 0.25) is 0 Å². The predicted octanol–water partition coefficient (Wildman–Crippen LogP) is 4.24. The second-order valence-corrected chi connectivity index (χ2v) is 4.24. The number of hydrogen-bond acceptors (Lipinski definition) is 2. The van der Waals surface area contributed by atoms with Crippen LogP contribution >= 0.6 is 0 Å². The molecule has 0 saturated carbocycles. The minimum atomic E-state index is -4.65. The monoisotopic (exact) mass is 281 g/mol. The molecule has 106 valence electrons. The second-order valence-electron chi connectivity index (χ2n) is 4.24. The molecule has 0 spiro atoms. The minimum absolute atomic E-state index is 0.185. The molecular weight excluding hydrogens is 267 g/mol. The van der Waals surface area contributed by atoms with Gasteiger partial charge in [-0.3, -0.25) is 0 Å². The van der Waals surface area contributed by atoms with Crippen LogP contribution in [0, 0.1) is 0 Å². The largest absolute Gasteiger partial charge is 0.573 e. The van der Waals surface area contributed by atoms with E-state index in [-0.39, 0.29) is 5.75 Å². The Labute approximate surface area is 115 Å². The van der Waals surface area contributed by atoms with Crippen molar-refractivity contribution in [3.05, 3.63) is 60.2 Å². The third-order valence-electron chi connectivity index (χ3n) is 2.65. The summed E-state index contributed by atoms with van der Waals surface area (Å²) in [6.45, 7) is 0.638. The molecule has 0 aliphatic heterocycles. The lowest BCUT2D eigenvalue weighted by atomic mass is 10.1. The Morgan fingerprint density at radius 3 is 2.40 bits per heavy atom. The number of hydrogen-bond donors (Lipinski definition) is 1. The highest BCUT2D eigenvalue weighted by Gasteiger charge is 2.31. The van der Waals surface area contributed by atoms with E-state index < -0.39 is 6.36 Å². The van der Waals surface area contributed by atoms with Crippen LogP contribution in [0.5, 0.6) is 5.75 Å². The van der Waals surface area contributed by atoms with Gasteiger partial charge in [0.25, 0.3) is 0 Å². The molecule has 0 bridgehead atoms. The number of rotatable bonds is 5. The average Bonchev–Trinajstić information content (AvgIpc) is 2.38. The van der Waals surface area contributed by atoms with Crippen molar-refractivity contribution in [1.29, 1.82) is 0 Å². The number of alkyl halides is 3. The Morgan fingerprint density at radius 1 is 0.950 bits per heavy atom. The summed E-state index contributed by atoms with van der Waals surface area (Å²) in [5.74, 6) is -0.185. The second kappa shape index (κ2) is 6.32. The molecule has 2 aromatic carbocycles. The van der Waals surface area contributed by atoms with E-state index in [0.29, 0.717) is 13.0 Å². The summed E-state index contributed by atoms with van der Waals surface area (Å²) in [5, 5.41) is 3.20. The lowest BCUT2D eigenvalue weighted by Gasteiger charge is -2.10.